The number of fused-ring (bicyclic) bond motifs is 3. The molecule has 0 aliphatic carbocycles. The molecule has 0 radical (unpaired) electrons. The second-order valence-electron chi connectivity index (χ2n) is 8.27. The third-order valence-electron chi connectivity index (χ3n) is 5.91. The molecule has 0 spiro atoms. The zero-order valence-corrected chi connectivity index (χ0v) is 20.3. The molecule has 0 saturated carbocycles. The lowest BCUT2D eigenvalue weighted by Crippen LogP contribution is -3.08. The van der Waals surface area contributed by atoms with Crippen molar-refractivity contribution >= 4 is 44.9 Å². The predicted molar refractivity (Wildman–Crippen MR) is 135 cm³/mol. The van der Waals surface area contributed by atoms with E-state index in [1.165, 1.54) is 20.9 Å². The number of thiophene rings is 1. The van der Waals surface area contributed by atoms with Crippen LogP contribution in [0.3, 0.4) is 0 Å². The highest BCUT2D eigenvalue weighted by atomic mass is 35.5. The van der Waals surface area contributed by atoms with Crippen molar-refractivity contribution in [2.75, 3.05) is 19.3 Å². The Bertz CT molecular complexity index is 1300. The summed E-state index contributed by atoms with van der Waals surface area (Å²) < 4.78 is 1.78. The van der Waals surface area contributed by atoms with E-state index in [1.807, 2.05) is 30.3 Å². The average Bonchev–Trinajstić information content (AvgIpc) is 3.16. The van der Waals surface area contributed by atoms with Crippen molar-refractivity contribution < 1.29 is 4.90 Å². The SMILES string of the molecule is C[NH+]1CCc2c(sc3nc(SCCCc4ccccc4)n(-c4ccc(Cl)cc4)c(=O)c23)C1. The molecule has 3 heterocycles. The van der Waals surface area contributed by atoms with Gasteiger partial charge in [0.2, 0.25) is 0 Å². The number of benzene rings is 2. The number of halogens is 1. The molecule has 0 saturated heterocycles. The number of hydrogen-bond acceptors (Lipinski definition) is 4. The number of nitrogens with zero attached hydrogens (tertiary/aromatic N) is 2. The summed E-state index contributed by atoms with van der Waals surface area (Å²) in [5.41, 5.74) is 3.40. The first-order chi connectivity index (χ1) is 15.6. The van der Waals surface area contributed by atoms with Gasteiger partial charge in [-0.15, -0.1) is 11.3 Å². The summed E-state index contributed by atoms with van der Waals surface area (Å²) in [5.74, 6) is 0.901. The highest BCUT2D eigenvalue weighted by molar-refractivity contribution is 7.99. The van der Waals surface area contributed by atoms with Crippen LogP contribution in [-0.4, -0.2) is 28.9 Å². The number of likely N-dealkylation sites (N-methyl/N-ethyl adjacent to an activating group) is 1. The van der Waals surface area contributed by atoms with E-state index in [0.717, 1.165) is 59.2 Å². The summed E-state index contributed by atoms with van der Waals surface area (Å²) in [4.78, 5) is 22.5. The van der Waals surface area contributed by atoms with Crippen LogP contribution in [0.15, 0.2) is 64.5 Å². The smallest absolute Gasteiger partial charge is 0.267 e. The average molecular weight is 483 g/mol. The Kier molecular flexibility index (Phi) is 6.37. The van der Waals surface area contributed by atoms with Crippen molar-refractivity contribution in [3.05, 3.63) is 86.0 Å². The molecule has 1 unspecified atom stereocenters. The van der Waals surface area contributed by atoms with Gasteiger partial charge in [-0.2, -0.15) is 0 Å². The van der Waals surface area contributed by atoms with Crippen molar-refractivity contribution in [3.8, 4) is 5.69 Å². The van der Waals surface area contributed by atoms with Crippen LogP contribution in [0, 0.1) is 0 Å². The van der Waals surface area contributed by atoms with Gasteiger partial charge in [0.05, 0.1) is 29.5 Å². The molecule has 1 N–H and O–H groups in total. The van der Waals surface area contributed by atoms with Gasteiger partial charge in [0.1, 0.15) is 11.4 Å². The Morgan fingerprint density at radius 3 is 2.72 bits per heavy atom. The van der Waals surface area contributed by atoms with Crippen LogP contribution in [0.2, 0.25) is 5.02 Å². The van der Waals surface area contributed by atoms with Gasteiger partial charge in [0.15, 0.2) is 5.16 Å². The molecular weight excluding hydrogens is 458 g/mol. The number of thioether (sulfide) groups is 1. The number of nitrogens with one attached hydrogen (secondary N) is 1. The summed E-state index contributed by atoms with van der Waals surface area (Å²) in [7, 11) is 2.21. The molecule has 7 heteroatoms. The van der Waals surface area contributed by atoms with Crippen molar-refractivity contribution in [2.45, 2.75) is 31.0 Å². The second kappa shape index (κ2) is 9.40. The van der Waals surface area contributed by atoms with Crippen molar-refractivity contribution in [1.82, 2.24) is 9.55 Å². The van der Waals surface area contributed by atoms with E-state index < -0.39 is 0 Å². The van der Waals surface area contributed by atoms with Crippen LogP contribution in [-0.2, 0) is 19.4 Å². The van der Waals surface area contributed by atoms with E-state index in [9.17, 15) is 4.79 Å². The molecule has 2 aromatic heterocycles. The normalized spacial score (nSPS) is 15.8. The highest BCUT2D eigenvalue weighted by Crippen LogP contribution is 2.32. The second-order valence-corrected chi connectivity index (χ2v) is 10.8. The Morgan fingerprint density at radius 1 is 1.16 bits per heavy atom. The summed E-state index contributed by atoms with van der Waals surface area (Å²) in [5, 5.41) is 2.23. The minimum atomic E-state index is 0.0416. The fourth-order valence-electron chi connectivity index (χ4n) is 4.24. The van der Waals surface area contributed by atoms with Crippen LogP contribution in [0.4, 0.5) is 0 Å². The molecule has 2 aromatic carbocycles. The lowest BCUT2D eigenvalue weighted by Gasteiger charge is -2.19. The molecule has 4 nitrogen and oxygen atoms in total. The zero-order chi connectivity index (χ0) is 22.1. The van der Waals surface area contributed by atoms with E-state index in [-0.39, 0.29) is 5.56 Å². The Balaban J connectivity index is 1.52. The molecule has 5 rings (SSSR count). The summed E-state index contributed by atoms with van der Waals surface area (Å²) in [6.07, 6.45) is 2.98. The van der Waals surface area contributed by atoms with Crippen molar-refractivity contribution in [1.29, 1.82) is 0 Å². The largest absolute Gasteiger partial charge is 0.333 e. The molecular formula is C25H25ClN3OS2+. The van der Waals surface area contributed by atoms with Gasteiger partial charge in [-0.1, -0.05) is 53.7 Å². The van der Waals surface area contributed by atoms with Gasteiger partial charge >= 0.3 is 0 Å². The standard InChI is InChI=1S/C25H24ClN3OS2/c1-28-14-13-20-21(16-28)32-23-22(20)24(30)29(19-11-9-18(26)10-12-19)25(27-23)31-15-5-8-17-6-3-2-4-7-17/h2-4,6-7,9-12H,5,8,13-16H2,1H3/p+1. The Morgan fingerprint density at radius 2 is 1.94 bits per heavy atom. The molecule has 1 aliphatic rings. The number of hydrogen-bond donors (Lipinski definition) is 1. The number of aromatic nitrogens is 2. The van der Waals surface area contributed by atoms with Crippen LogP contribution in [0.25, 0.3) is 15.9 Å². The van der Waals surface area contributed by atoms with Crippen LogP contribution >= 0.6 is 34.7 Å². The van der Waals surface area contributed by atoms with E-state index >= 15 is 0 Å². The minimum Gasteiger partial charge on any atom is -0.333 e. The molecule has 1 atom stereocenters. The molecule has 1 aliphatic heterocycles. The Labute approximate surface area is 200 Å². The van der Waals surface area contributed by atoms with Gasteiger partial charge in [-0.3, -0.25) is 9.36 Å². The lowest BCUT2D eigenvalue weighted by atomic mass is 10.1. The van der Waals surface area contributed by atoms with Gasteiger partial charge < -0.3 is 4.90 Å². The third kappa shape index (κ3) is 4.37. The van der Waals surface area contributed by atoms with Crippen molar-refractivity contribution in [3.63, 3.8) is 0 Å². The quantitative estimate of drug-likeness (QED) is 0.251. The van der Waals surface area contributed by atoms with E-state index in [0.29, 0.717) is 5.02 Å². The monoisotopic (exact) mass is 482 g/mol. The van der Waals surface area contributed by atoms with E-state index in [4.69, 9.17) is 16.6 Å². The van der Waals surface area contributed by atoms with Gasteiger partial charge in [0, 0.05) is 17.2 Å². The van der Waals surface area contributed by atoms with Crippen LogP contribution in [0.5, 0.6) is 0 Å². The first kappa shape index (κ1) is 21.7. The van der Waals surface area contributed by atoms with E-state index in [1.54, 1.807) is 27.7 Å². The predicted octanol–water partition coefficient (Wildman–Crippen LogP) is 4.40. The van der Waals surface area contributed by atoms with Gasteiger partial charge in [0.25, 0.3) is 5.56 Å². The maximum atomic E-state index is 13.8. The van der Waals surface area contributed by atoms with Crippen LogP contribution in [0.1, 0.15) is 22.4 Å². The van der Waals surface area contributed by atoms with Crippen molar-refractivity contribution in [2.24, 2.45) is 0 Å². The van der Waals surface area contributed by atoms with Gasteiger partial charge in [-0.05, 0) is 48.2 Å². The fraction of sp³-hybridized carbons (Fsp3) is 0.280. The maximum Gasteiger partial charge on any atom is 0.267 e. The highest BCUT2D eigenvalue weighted by Gasteiger charge is 2.26. The topological polar surface area (TPSA) is 39.3 Å². The maximum absolute atomic E-state index is 13.8. The van der Waals surface area contributed by atoms with E-state index in [2.05, 4.69) is 31.3 Å². The molecule has 0 amide bonds. The molecule has 0 bridgehead atoms. The zero-order valence-electron chi connectivity index (χ0n) is 17.9. The summed E-state index contributed by atoms with van der Waals surface area (Å²) >= 11 is 9.47. The molecule has 0 fully saturated rings. The number of quaternary nitrogens is 1. The number of aryl methyl sites for hydroxylation is 1. The third-order valence-corrected chi connectivity index (χ3v) is 8.31. The molecule has 4 aromatic rings. The fourth-order valence-corrected chi connectivity index (χ4v) is 6.69. The summed E-state index contributed by atoms with van der Waals surface area (Å²) in [6, 6.07) is 18.0. The lowest BCUT2D eigenvalue weighted by molar-refractivity contribution is -0.895. The Hall–Kier alpha value is -2.12. The molecule has 32 heavy (non-hydrogen) atoms. The first-order valence-electron chi connectivity index (χ1n) is 10.9. The van der Waals surface area contributed by atoms with Crippen LogP contribution < -0.4 is 10.5 Å². The minimum absolute atomic E-state index is 0.0416. The summed E-state index contributed by atoms with van der Waals surface area (Å²) in [6.45, 7) is 2.02. The molecule has 164 valence electrons. The van der Waals surface area contributed by atoms with Gasteiger partial charge in [-0.25, -0.2) is 4.98 Å². The first-order valence-corrected chi connectivity index (χ1v) is 13.1. The number of rotatable bonds is 6.